The number of benzene rings is 1. The second-order valence-electron chi connectivity index (χ2n) is 3.59. The average molecular weight is 404 g/mol. The molecule has 8 heteroatoms. The molecule has 0 aliphatic heterocycles. The lowest BCUT2D eigenvalue weighted by Crippen LogP contribution is -2.13. The van der Waals surface area contributed by atoms with Crippen LogP contribution in [0.5, 0.6) is 11.5 Å². The Bertz CT molecular complexity index is 489. The number of methoxy groups -OCH3 is 1. The van der Waals surface area contributed by atoms with Crippen LogP contribution >= 0.6 is 22.6 Å². The molecule has 1 rings (SSSR count). The molecule has 1 aromatic rings. The molecular weight excluding hydrogens is 392 g/mol. The van der Waals surface area contributed by atoms with E-state index >= 15 is 0 Å². The lowest BCUT2D eigenvalue weighted by Gasteiger charge is -2.18. The van der Waals surface area contributed by atoms with Gasteiger partial charge in [0.05, 0.1) is 21.3 Å². The molecule has 0 aliphatic carbocycles. The van der Waals surface area contributed by atoms with Crippen LogP contribution in [0.2, 0.25) is 0 Å². The van der Waals surface area contributed by atoms with Crippen molar-refractivity contribution < 1.29 is 32.2 Å². The highest BCUT2D eigenvalue weighted by Crippen LogP contribution is 2.43. The summed E-state index contributed by atoms with van der Waals surface area (Å²) in [5.41, 5.74) is -1.17. The molecule has 20 heavy (non-hydrogen) atoms. The van der Waals surface area contributed by atoms with Crippen LogP contribution in [0.15, 0.2) is 6.07 Å². The predicted molar refractivity (Wildman–Crippen MR) is 73.2 cm³/mol. The van der Waals surface area contributed by atoms with Gasteiger partial charge in [0.1, 0.15) is 0 Å². The van der Waals surface area contributed by atoms with E-state index in [-0.39, 0.29) is 34.0 Å². The van der Waals surface area contributed by atoms with Gasteiger partial charge in [0, 0.05) is 7.11 Å². The Hall–Kier alpha value is -1.03. The van der Waals surface area contributed by atoms with Crippen LogP contribution in [0.3, 0.4) is 0 Å². The Labute approximate surface area is 127 Å². The van der Waals surface area contributed by atoms with Gasteiger partial charge in [0.25, 0.3) is 0 Å². The first kappa shape index (κ1) is 17.0. The standard InChI is InChI=1S/C12H12F3IO4/c1-3-19-11-9(16)8(12(13,14)15)4-7(5-17)10(11)20-6-18-2/h4-5H,3,6H2,1-2H3. The molecular formula is C12H12F3IO4. The monoisotopic (exact) mass is 404 g/mol. The molecule has 0 heterocycles. The molecule has 0 saturated heterocycles. The molecule has 0 atom stereocenters. The Kier molecular flexibility index (Phi) is 6.06. The minimum Gasteiger partial charge on any atom is -0.489 e. The third kappa shape index (κ3) is 3.75. The van der Waals surface area contributed by atoms with E-state index in [1.807, 2.05) is 0 Å². The summed E-state index contributed by atoms with van der Waals surface area (Å²) in [4.78, 5) is 11.0. The molecule has 4 nitrogen and oxygen atoms in total. The van der Waals surface area contributed by atoms with Crippen LogP contribution < -0.4 is 9.47 Å². The van der Waals surface area contributed by atoms with Crippen LogP contribution in [0.4, 0.5) is 13.2 Å². The van der Waals surface area contributed by atoms with Crippen molar-refractivity contribution in [1.29, 1.82) is 0 Å². The minimum absolute atomic E-state index is 0.0545. The summed E-state index contributed by atoms with van der Waals surface area (Å²) in [7, 11) is 1.36. The van der Waals surface area contributed by atoms with E-state index in [9.17, 15) is 18.0 Å². The van der Waals surface area contributed by atoms with E-state index in [1.165, 1.54) is 29.7 Å². The van der Waals surface area contributed by atoms with Crippen molar-refractivity contribution in [1.82, 2.24) is 0 Å². The Morgan fingerprint density at radius 3 is 2.40 bits per heavy atom. The van der Waals surface area contributed by atoms with E-state index < -0.39 is 11.7 Å². The maximum atomic E-state index is 12.9. The highest BCUT2D eigenvalue weighted by molar-refractivity contribution is 14.1. The largest absolute Gasteiger partial charge is 0.489 e. The summed E-state index contributed by atoms with van der Waals surface area (Å²) < 4.78 is 53.7. The van der Waals surface area contributed by atoms with Crippen LogP contribution in [0.25, 0.3) is 0 Å². The van der Waals surface area contributed by atoms with Crippen LogP contribution in [-0.4, -0.2) is 26.8 Å². The van der Waals surface area contributed by atoms with Gasteiger partial charge < -0.3 is 14.2 Å². The number of carbonyl (C=O) groups is 1. The first-order valence-corrected chi connectivity index (χ1v) is 6.58. The van der Waals surface area contributed by atoms with E-state index in [0.29, 0.717) is 6.29 Å². The number of ether oxygens (including phenoxy) is 3. The number of carbonyl (C=O) groups excluding carboxylic acids is 1. The molecule has 0 saturated carbocycles. The number of halogens is 4. The fraction of sp³-hybridized carbons (Fsp3) is 0.417. The average Bonchev–Trinajstić information content (AvgIpc) is 2.38. The van der Waals surface area contributed by atoms with Crippen molar-refractivity contribution >= 4 is 28.9 Å². The summed E-state index contributed by atoms with van der Waals surface area (Å²) >= 11 is 1.52. The van der Waals surface area contributed by atoms with E-state index in [2.05, 4.69) is 0 Å². The number of hydrogen-bond acceptors (Lipinski definition) is 4. The van der Waals surface area contributed by atoms with Gasteiger partial charge >= 0.3 is 6.18 Å². The van der Waals surface area contributed by atoms with E-state index in [4.69, 9.17) is 14.2 Å². The molecule has 0 spiro atoms. The highest BCUT2D eigenvalue weighted by Gasteiger charge is 2.36. The van der Waals surface area contributed by atoms with Crippen molar-refractivity contribution in [3.8, 4) is 11.5 Å². The maximum absolute atomic E-state index is 12.9. The first-order chi connectivity index (χ1) is 9.36. The van der Waals surface area contributed by atoms with Crippen LogP contribution in [-0.2, 0) is 10.9 Å². The quantitative estimate of drug-likeness (QED) is 0.414. The predicted octanol–water partition coefficient (Wildman–Crippen LogP) is 3.50. The van der Waals surface area contributed by atoms with Gasteiger partial charge in [-0.3, -0.25) is 4.79 Å². The Morgan fingerprint density at radius 1 is 1.30 bits per heavy atom. The fourth-order valence-corrected chi connectivity index (χ4v) is 2.33. The number of hydrogen-bond donors (Lipinski definition) is 0. The number of aldehydes is 1. The lowest BCUT2D eigenvalue weighted by atomic mass is 10.1. The highest BCUT2D eigenvalue weighted by atomic mass is 127. The van der Waals surface area contributed by atoms with Gasteiger partial charge in [-0.15, -0.1) is 0 Å². The normalized spacial score (nSPS) is 11.3. The van der Waals surface area contributed by atoms with Gasteiger partial charge in [-0.25, -0.2) is 0 Å². The van der Waals surface area contributed by atoms with Crippen molar-refractivity contribution in [2.45, 2.75) is 13.1 Å². The van der Waals surface area contributed by atoms with E-state index in [0.717, 1.165) is 6.07 Å². The van der Waals surface area contributed by atoms with Crippen molar-refractivity contribution in [2.75, 3.05) is 20.5 Å². The minimum atomic E-state index is -4.58. The molecule has 112 valence electrons. The Morgan fingerprint density at radius 2 is 1.95 bits per heavy atom. The zero-order valence-corrected chi connectivity index (χ0v) is 12.9. The summed E-state index contributed by atoms with van der Waals surface area (Å²) in [6.07, 6.45) is -4.29. The van der Waals surface area contributed by atoms with Crippen molar-refractivity contribution in [3.05, 3.63) is 20.8 Å². The van der Waals surface area contributed by atoms with Crippen LogP contribution in [0, 0.1) is 3.57 Å². The fourth-order valence-electron chi connectivity index (χ4n) is 1.47. The van der Waals surface area contributed by atoms with Gasteiger partial charge in [-0.05, 0) is 35.6 Å². The van der Waals surface area contributed by atoms with Gasteiger partial charge in [0.15, 0.2) is 24.6 Å². The first-order valence-electron chi connectivity index (χ1n) is 5.50. The molecule has 0 unspecified atom stereocenters. The molecule has 0 radical (unpaired) electrons. The Balaban J connectivity index is 3.49. The van der Waals surface area contributed by atoms with Gasteiger partial charge in [-0.2, -0.15) is 13.2 Å². The summed E-state index contributed by atoms with van der Waals surface area (Å²) in [6, 6.07) is 0.738. The summed E-state index contributed by atoms with van der Waals surface area (Å²) in [5, 5.41) is 0. The molecule has 0 N–H and O–H groups in total. The third-order valence-corrected chi connectivity index (χ3v) is 3.32. The van der Waals surface area contributed by atoms with Crippen LogP contribution in [0.1, 0.15) is 22.8 Å². The SMILES string of the molecule is CCOc1c(I)c(C(F)(F)F)cc(C=O)c1OCOC. The second-order valence-corrected chi connectivity index (χ2v) is 4.66. The summed E-state index contributed by atoms with van der Waals surface area (Å²) in [6.45, 7) is 1.55. The summed E-state index contributed by atoms with van der Waals surface area (Å²) in [5.74, 6) is -0.164. The van der Waals surface area contributed by atoms with Gasteiger partial charge in [-0.1, -0.05) is 0 Å². The molecule has 0 fully saturated rings. The molecule has 0 aliphatic rings. The molecule has 0 bridgehead atoms. The lowest BCUT2D eigenvalue weighted by molar-refractivity contribution is -0.138. The second kappa shape index (κ2) is 7.11. The topological polar surface area (TPSA) is 44.8 Å². The van der Waals surface area contributed by atoms with Crippen molar-refractivity contribution in [2.24, 2.45) is 0 Å². The maximum Gasteiger partial charge on any atom is 0.417 e. The van der Waals surface area contributed by atoms with Crippen molar-refractivity contribution in [3.63, 3.8) is 0 Å². The number of alkyl halides is 3. The van der Waals surface area contributed by atoms with Gasteiger partial charge in [0.2, 0.25) is 0 Å². The smallest absolute Gasteiger partial charge is 0.417 e. The zero-order chi connectivity index (χ0) is 15.3. The third-order valence-electron chi connectivity index (χ3n) is 2.25. The molecule has 1 aromatic carbocycles. The number of rotatable bonds is 6. The zero-order valence-electron chi connectivity index (χ0n) is 10.7. The molecule has 0 amide bonds. The molecule has 0 aromatic heterocycles. The van der Waals surface area contributed by atoms with E-state index in [1.54, 1.807) is 6.92 Å².